The van der Waals surface area contributed by atoms with Gasteiger partial charge in [-0.1, -0.05) is 52.2 Å². The lowest BCUT2D eigenvalue weighted by Gasteiger charge is -2.41. The summed E-state index contributed by atoms with van der Waals surface area (Å²) in [6.07, 6.45) is 8.64. The van der Waals surface area contributed by atoms with Gasteiger partial charge in [0.2, 0.25) is 5.91 Å². The molecule has 0 radical (unpaired) electrons. The highest BCUT2D eigenvalue weighted by molar-refractivity contribution is 5.94. The highest BCUT2D eigenvalue weighted by Gasteiger charge is 2.37. The first kappa shape index (κ1) is 26.2. The molecule has 35 heavy (non-hydrogen) atoms. The number of hydrogen-bond acceptors (Lipinski definition) is 4. The molecule has 1 saturated carbocycles. The Labute approximate surface area is 212 Å². The van der Waals surface area contributed by atoms with E-state index in [0.29, 0.717) is 19.0 Å². The van der Waals surface area contributed by atoms with E-state index in [0.717, 1.165) is 57.7 Å². The van der Waals surface area contributed by atoms with Crippen LogP contribution in [0.25, 0.3) is 0 Å². The molecule has 1 unspecified atom stereocenters. The molecule has 0 spiro atoms. The molecule has 1 aliphatic carbocycles. The van der Waals surface area contributed by atoms with Crippen LogP contribution in [-0.4, -0.2) is 84.9 Å². The van der Waals surface area contributed by atoms with Gasteiger partial charge in [-0.05, 0) is 67.8 Å². The van der Waals surface area contributed by atoms with Gasteiger partial charge in [0, 0.05) is 44.8 Å². The summed E-state index contributed by atoms with van der Waals surface area (Å²) in [5.74, 6) is 0.747. The van der Waals surface area contributed by atoms with Crippen molar-refractivity contribution in [2.45, 2.75) is 77.2 Å². The van der Waals surface area contributed by atoms with Crippen LogP contribution in [0.1, 0.15) is 81.6 Å². The maximum atomic E-state index is 13.4. The summed E-state index contributed by atoms with van der Waals surface area (Å²) in [6.45, 7) is 13.5. The van der Waals surface area contributed by atoms with Crippen LogP contribution in [0.4, 0.5) is 0 Å². The van der Waals surface area contributed by atoms with E-state index in [9.17, 15) is 9.59 Å². The molecule has 1 N–H and O–H groups in total. The topological polar surface area (TPSA) is 55.9 Å². The number of benzene rings is 1. The Hall–Kier alpha value is -1.92. The minimum absolute atomic E-state index is 0.0535. The van der Waals surface area contributed by atoms with Crippen LogP contribution in [0.3, 0.4) is 0 Å². The Morgan fingerprint density at radius 3 is 2.11 bits per heavy atom. The molecule has 2 aliphatic heterocycles. The number of carbonyl (C=O) groups excluding carboxylic acids is 2. The van der Waals surface area contributed by atoms with Gasteiger partial charge in [-0.2, -0.15) is 0 Å². The molecule has 1 aromatic rings. The number of piperazine rings is 1. The van der Waals surface area contributed by atoms with E-state index >= 15 is 0 Å². The number of hydrogen-bond donors (Lipinski definition) is 1. The van der Waals surface area contributed by atoms with Crippen LogP contribution in [-0.2, 0) is 10.2 Å². The summed E-state index contributed by atoms with van der Waals surface area (Å²) in [6, 6.07) is 8.03. The van der Waals surface area contributed by atoms with Crippen LogP contribution in [0.15, 0.2) is 24.3 Å². The summed E-state index contributed by atoms with van der Waals surface area (Å²) in [4.78, 5) is 33.3. The molecule has 3 fully saturated rings. The largest absolute Gasteiger partial charge is 0.353 e. The first-order chi connectivity index (χ1) is 16.8. The van der Waals surface area contributed by atoms with E-state index in [4.69, 9.17) is 0 Å². The number of likely N-dealkylation sites (tertiary alicyclic amines) is 1. The SMILES string of the molecule is CC(C)(C)c1ccc(C(=O)N2CCN(C(C(=O)NCCN3CCCCC3)C3CCCC3)CC2)cc1. The maximum Gasteiger partial charge on any atom is 0.253 e. The average Bonchev–Trinajstić information content (AvgIpc) is 3.39. The van der Waals surface area contributed by atoms with E-state index < -0.39 is 0 Å². The normalized spacial score (nSPS) is 21.7. The molecule has 194 valence electrons. The van der Waals surface area contributed by atoms with Crippen molar-refractivity contribution < 1.29 is 9.59 Å². The lowest BCUT2D eigenvalue weighted by atomic mass is 9.86. The fourth-order valence-corrected chi connectivity index (χ4v) is 6.07. The lowest BCUT2D eigenvalue weighted by molar-refractivity contribution is -0.129. The second-order valence-electron chi connectivity index (χ2n) is 11.8. The maximum absolute atomic E-state index is 13.4. The Bertz CT molecular complexity index is 827. The minimum atomic E-state index is -0.0535. The van der Waals surface area contributed by atoms with Crippen LogP contribution in [0.5, 0.6) is 0 Å². The van der Waals surface area contributed by atoms with Crippen molar-refractivity contribution in [1.29, 1.82) is 0 Å². The molecule has 0 bridgehead atoms. The van der Waals surface area contributed by atoms with Gasteiger partial charge in [0.1, 0.15) is 0 Å². The Balaban J connectivity index is 1.31. The number of nitrogens with zero attached hydrogens (tertiary/aromatic N) is 3. The summed E-state index contributed by atoms with van der Waals surface area (Å²) >= 11 is 0. The monoisotopic (exact) mass is 482 g/mol. The van der Waals surface area contributed by atoms with Crippen molar-refractivity contribution in [3.8, 4) is 0 Å². The molecule has 6 heteroatoms. The predicted octanol–water partition coefficient (Wildman–Crippen LogP) is 3.90. The highest BCUT2D eigenvalue weighted by atomic mass is 16.2. The van der Waals surface area contributed by atoms with Gasteiger partial charge in [-0.15, -0.1) is 0 Å². The Morgan fingerprint density at radius 1 is 0.886 bits per heavy atom. The van der Waals surface area contributed by atoms with E-state index in [1.807, 2.05) is 17.0 Å². The van der Waals surface area contributed by atoms with E-state index in [2.05, 4.69) is 48.0 Å². The second-order valence-corrected chi connectivity index (χ2v) is 11.8. The van der Waals surface area contributed by atoms with Gasteiger partial charge >= 0.3 is 0 Å². The first-order valence-electron chi connectivity index (χ1n) is 14.0. The van der Waals surface area contributed by atoms with Gasteiger partial charge in [-0.3, -0.25) is 14.5 Å². The quantitative estimate of drug-likeness (QED) is 0.640. The number of carbonyl (C=O) groups is 2. The number of amides is 2. The zero-order valence-corrected chi connectivity index (χ0v) is 22.2. The zero-order chi connectivity index (χ0) is 24.8. The van der Waals surface area contributed by atoms with Gasteiger partial charge in [0.05, 0.1) is 6.04 Å². The minimum Gasteiger partial charge on any atom is -0.353 e. The molecule has 2 saturated heterocycles. The van der Waals surface area contributed by atoms with E-state index in [-0.39, 0.29) is 23.3 Å². The molecular formula is C29H46N4O2. The van der Waals surface area contributed by atoms with E-state index in [1.165, 1.54) is 37.7 Å². The highest BCUT2D eigenvalue weighted by Crippen LogP contribution is 2.31. The van der Waals surface area contributed by atoms with Gasteiger partial charge in [0.25, 0.3) is 5.91 Å². The molecule has 2 amide bonds. The molecule has 4 rings (SSSR count). The molecule has 3 aliphatic rings. The third kappa shape index (κ3) is 6.85. The molecule has 1 aromatic carbocycles. The number of piperidine rings is 1. The van der Waals surface area contributed by atoms with Crippen molar-refractivity contribution >= 4 is 11.8 Å². The van der Waals surface area contributed by atoms with Crippen LogP contribution in [0, 0.1) is 5.92 Å². The Morgan fingerprint density at radius 2 is 1.51 bits per heavy atom. The number of rotatable bonds is 7. The molecular weight excluding hydrogens is 436 g/mol. The third-order valence-corrected chi connectivity index (χ3v) is 8.28. The average molecular weight is 483 g/mol. The lowest BCUT2D eigenvalue weighted by Crippen LogP contribution is -2.58. The van der Waals surface area contributed by atoms with Crippen molar-refractivity contribution in [2.24, 2.45) is 5.92 Å². The van der Waals surface area contributed by atoms with Crippen LogP contribution >= 0.6 is 0 Å². The molecule has 1 atom stereocenters. The van der Waals surface area contributed by atoms with Gasteiger partial charge < -0.3 is 15.1 Å². The summed E-state index contributed by atoms with van der Waals surface area (Å²) in [5, 5.41) is 3.28. The van der Waals surface area contributed by atoms with E-state index in [1.54, 1.807) is 0 Å². The second kappa shape index (κ2) is 11.9. The molecule has 0 aromatic heterocycles. The first-order valence-corrected chi connectivity index (χ1v) is 14.0. The third-order valence-electron chi connectivity index (χ3n) is 8.28. The van der Waals surface area contributed by atoms with Crippen molar-refractivity contribution in [2.75, 3.05) is 52.4 Å². The predicted molar refractivity (Wildman–Crippen MR) is 142 cm³/mol. The van der Waals surface area contributed by atoms with Crippen LogP contribution < -0.4 is 5.32 Å². The van der Waals surface area contributed by atoms with Crippen LogP contribution in [0.2, 0.25) is 0 Å². The van der Waals surface area contributed by atoms with Gasteiger partial charge in [-0.25, -0.2) is 0 Å². The van der Waals surface area contributed by atoms with Crippen molar-refractivity contribution in [3.63, 3.8) is 0 Å². The summed E-state index contributed by atoms with van der Waals surface area (Å²) in [7, 11) is 0. The molecule has 2 heterocycles. The fourth-order valence-electron chi connectivity index (χ4n) is 6.07. The van der Waals surface area contributed by atoms with Crippen molar-refractivity contribution in [3.05, 3.63) is 35.4 Å². The zero-order valence-electron chi connectivity index (χ0n) is 22.2. The van der Waals surface area contributed by atoms with Crippen molar-refractivity contribution in [1.82, 2.24) is 20.0 Å². The Kier molecular flexibility index (Phi) is 8.87. The number of nitrogens with one attached hydrogen (secondary N) is 1. The summed E-state index contributed by atoms with van der Waals surface area (Å²) in [5.41, 5.74) is 2.08. The smallest absolute Gasteiger partial charge is 0.253 e. The standard InChI is InChI=1S/C29H46N4O2/c1-29(2,3)25-13-11-24(12-14-25)28(35)33-21-19-32(20-22-33)26(23-9-5-6-10-23)27(34)30-15-18-31-16-7-4-8-17-31/h11-14,23,26H,4-10,15-22H2,1-3H3,(H,30,34). The van der Waals surface area contributed by atoms with Gasteiger partial charge in [0.15, 0.2) is 0 Å². The molecule has 6 nitrogen and oxygen atoms in total. The summed E-state index contributed by atoms with van der Waals surface area (Å²) < 4.78 is 0. The fraction of sp³-hybridized carbons (Fsp3) is 0.724.